The predicted molar refractivity (Wildman–Crippen MR) is 108 cm³/mol. The van der Waals surface area contributed by atoms with E-state index in [1.54, 1.807) is 24.3 Å². The molecule has 0 bridgehead atoms. The number of carbonyl (C=O) groups is 1. The second-order valence-electron chi connectivity index (χ2n) is 7.09. The highest BCUT2D eigenvalue weighted by Gasteiger charge is 2.27. The minimum atomic E-state index is -0.374. The molecule has 1 atom stereocenters. The van der Waals surface area contributed by atoms with Crippen molar-refractivity contribution in [3.05, 3.63) is 65.3 Å². The minimum absolute atomic E-state index is 0.104. The lowest BCUT2D eigenvalue weighted by Gasteiger charge is -2.30. The zero-order valence-corrected chi connectivity index (χ0v) is 16.4. The van der Waals surface area contributed by atoms with Crippen LogP contribution >= 0.6 is 11.6 Å². The molecule has 1 aromatic heterocycles. The summed E-state index contributed by atoms with van der Waals surface area (Å²) in [7, 11) is 0. The van der Waals surface area contributed by atoms with Gasteiger partial charge in [0.05, 0.1) is 12.5 Å². The highest BCUT2D eigenvalue weighted by Crippen LogP contribution is 2.22. The van der Waals surface area contributed by atoms with Gasteiger partial charge in [-0.3, -0.25) is 9.69 Å². The average molecular weight is 415 g/mol. The molecule has 0 saturated carbocycles. The van der Waals surface area contributed by atoms with E-state index in [2.05, 4.69) is 20.4 Å². The van der Waals surface area contributed by atoms with Gasteiger partial charge in [0, 0.05) is 22.8 Å². The van der Waals surface area contributed by atoms with Crippen molar-refractivity contribution in [2.75, 3.05) is 18.4 Å². The molecule has 0 spiro atoms. The van der Waals surface area contributed by atoms with E-state index in [4.69, 9.17) is 16.1 Å². The molecule has 1 unspecified atom stereocenters. The summed E-state index contributed by atoms with van der Waals surface area (Å²) in [6, 6.07) is 13.1. The van der Waals surface area contributed by atoms with E-state index in [1.165, 1.54) is 12.1 Å². The van der Waals surface area contributed by atoms with Crippen molar-refractivity contribution >= 4 is 23.2 Å². The number of rotatable bonds is 5. The van der Waals surface area contributed by atoms with Gasteiger partial charge in [0.25, 0.3) is 0 Å². The summed E-state index contributed by atoms with van der Waals surface area (Å²) in [6.45, 7) is 1.91. The average Bonchev–Trinajstić information content (AvgIpc) is 3.17. The molecule has 1 N–H and O–H groups in total. The van der Waals surface area contributed by atoms with Crippen molar-refractivity contribution in [1.82, 2.24) is 15.0 Å². The van der Waals surface area contributed by atoms with E-state index in [9.17, 15) is 9.18 Å². The van der Waals surface area contributed by atoms with Gasteiger partial charge in [-0.2, -0.15) is 4.98 Å². The van der Waals surface area contributed by atoms with Gasteiger partial charge in [-0.05, 0) is 61.9 Å². The van der Waals surface area contributed by atoms with E-state index < -0.39 is 0 Å². The van der Waals surface area contributed by atoms with Crippen LogP contribution in [0.3, 0.4) is 0 Å². The fraction of sp³-hybridized carbons (Fsp3) is 0.286. The molecule has 1 aliphatic rings. The van der Waals surface area contributed by atoms with Crippen molar-refractivity contribution in [2.45, 2.75) is 19.4 Å². The second-order valence-corrected chi connectivity index (χ2v) is 7.53. The van der Waals surface area contributed by atoms with Gasteiger partial charge >= 0.3 is 0 Å². The van der Waals surface area contributed by atoms with Gasteiger partial charge < -0.3 is 9.84 Å². The van der Waals surface area contributed by atoms with Crippen LogP contribution in [-0.2, 0) is 11.3 Å². The number of carbonyl (C=O) groups excluding carboxylic acids is 1. The molecule has 4 rings (SSSR count). The fourth-order valence-corrected chi connectivity index (χ4v) is 3.58. The third-order valence-corrected chi connectivity index (χ3v) is 5.15. The maximum atomic E-state index is 13.3. The van der Waals surface area contributed by atoms with Gasteiger partial charge in [0.15, 0.2) is 0 Å². The number of likely N-dealkylation sites (tertiary alicyclic amines) is 1. The summed E-state index contributed by atoms with van der Waals surface area (Å²) in [5.41, 5.74) is 1.30. The summed E-state index contributed by atoms with van der Waals surface area (Å²) in [5.74, 6) is 0.356. The normalized spacial score (nSPS) is 17.2. The Bertz CT molecular complexity index is 992. The number of anilines is 1. The molecule has 29 heavy (non-hydrogen) atoms. The van der Waals surface area contributed by atoms with Crippen molar-refractivity contribution < 1.29 is 13.7 Å². The summed E-state index contributed by atoms with van der Waals surface area (Å²) in [4.78, 5) is 19.1. The number of amides is 1. The largest absolute Gasteiger partial charge is 0.338 e. The molecule has 6 nitrogen and oxygen atoms in total. The number of benzene rings is 2. The number of hydrogen-bond acceptors (Lipinski definition) is 5. The number of piperidine rings is 1. The summed E-state index contributed by atoms with van der Waals surface area (Å²) < 4.78 is 18.7. The van der Waals surface area contributed by atoms with Crippen LogP contribution in [0.1, 0.15) is 18.7 Å². The quantitative estimate of drug-likeness (QED) is 0.670. The van der Waals surface area contributed by atoms with Crippen molar-refractivity contribution in [3.63, 3.8) is 0 Å². The SMILES string of the molecule is O=C(Nc1cccc(F)c1)C1CCCN(Cc2nc(-c3ccc(Cl)cc3)no2)C1. The Morgan fingerprint density at radius 3 is 2.90 bits per heavy atom. The number of hydrogen-bond donors (Lipinski definition) is 1. The molecular weight excluding hydrogens is 395 g/mol. The van der Waals surface area contributed by atoms with Crippen LogP contribution in [0.2, 0.25) is 5.02 Å². The first kappa shape index (κ1) is 19.5. The van der Waals surface area contributed by atoms with Crippen LogP contribution in [0.5, 0.6) is 0 Å². The van der Waals surface area contributed by atoms with Crippen LogP contribution in [0.15, 0.2) is 53.1 Å². The Kier molecular flexibility index (Phi) is 5.87. The first-order chi connectivity index (χ1) is 14.1. The van der Waals surface area contributed by atoms with Gasteiger partial charge in [-0.1, -0.05) is 22.8 Å². The zero-order chi connectivity index (χ0) is 20.2. The lowest BCUT2D eigenvalue weighted by molar-refractivity contribution is -0.121. The van der Waals surface area contributed by atoms with Gasteiger partial charge in [-0.15, -0.1) is 0 Å². The van der Waals surface area contributed by atoms with E-state index >= 15 is 0 Å². The molecule has 8 heteroatoms. The summed E-state index contributed by atoms with van der Waals surface area (Å²) in [6.07, 6.45) is 1.68. The Morgan fingerprint density at radius 1 is 1.28 bits per heavy atom. The van der Waals surface area contributed by atoms with Crippen molar-refractivity contribution in [2.24, 2.45) is 5.92 Å². The lowest BCUT2D eigenvalue weighted by Crippen LogP contribution is -2.40. The molecule has 150 valence electrons. The van der Waals surface area contributed by atoms with Gasteiger partial charge in [-0.25, -0.2) is 4.39 Å². The maximum Gasteiger partial charge on any atom is 0.241 e. The molecule has 1 aliphatic heterocycles. The monoisotopic (exact) mass is 414 g/mol. The molecule has 0 radical (unpaired) electrons. The highest BCUT2D eigenvalue weighted by molar-refractivity contribution is 6.30. The number of nitrogens with one attached hydrogen (secondary N) is 1. The van der Waals surface area contributed by atoms with E-state index in [0.29, 0.717) is 35.5 Å². The van der Waals surface area contributed by atoms with Crippen LogP contribution in [0.4, 0.5) is 10.1 Å². The molecule has 1 saturated heterocycles. The molecule has 3 aromatic rings. The van der Waals surface area contributed by atoms with Crippen LogP contribution in [-0.4, -0.2) is 34.0 Å². The van der Waals surface area contributed by atoms with Crippen LogP contribution < -0.4 is 5.32 Å². The van der Waals surface area contributed by atoms with Crippen molar-refractivity contribution in [3.8, 4) is 11.4 Å². The first-order valence-electron chi connectivity index (χ1n) is 9.44. The first-order valence-corrected chi connectivity index (χ1v) is 9.82. The second kappa shape index (κ2) is 8.71. The third-order valence-electron chi connectivity index (χ3n) is 4.90. The number of nitrogens with zero attached hydrogens (tertiary/aromatic N) is 3. The highest BCUT2D eigenvalue weighted by atomic mass is 35.5. The fourth-order valence-electron chi connectivity index (χ4n) is 3.45. The smallest absolute Gasteiger partial charge is 0.241 e. The van der Waals surface area contributed by atoms with Gasteiger partial charge in [0.2, 0.25) is 17.6 Å². The topological polar surface area (TPSA) is 71.3 Å². The molecule has 2 aromatic carbocycles. The Balaban J connectivity index is 1.36. The summed E-state index contributed by atoms with van der Waals surface area (Å²) >= 11 is 5.91. The van der Waals surface area contributed by atoms with Crippen LogP contribution in [0, 0.1) is 11.7 Å². The van der Waals surface area contributed by atoms with E-state index in [0.717, 1.165) is 24.9 Å². The minimum Gasteiger partial charge on any atom is -0.338 e. The van der Waals surface area contributed by atoms with Crippen LogP contribution in [0.25, 0.3) is 11.4 Å². The van der Waals surface area contributed by atoms with E-state index in [-0.39, 0.29) is 17.6 Å². The molecular formula is C21H20ClFN4O2. The third kappa shape index (κ3) is 4.99. The maximum absolute atomic E-state index is 13.3. The Labute approximate surface area is 172 Å². The molecule has 1 fully saturated rings. The summed E-state index contributed by atoms with van der Waals surface area (Å²) in [5, 5.41) is 7.48. The molecule has 1 amide bonds. The van der Waals surface area contributed by atoms with Crippen molar-refractivity contribution in [1.29, 1.82) is 0 Å². The number of halogens is 2. The number of aromatic nitrogens is 2. The standard InChI is InChI=1S/C21H20ClFN4O2/c22-16-8-6-14(7-9-16)20-25-19(29-26-20)13-27-10-2-3-15(12-27)21(28)24-18-5-1-4-17(23)11-18/h1,4-9,11,15H,2-3,10,12-13H2,(H,24,28). The lowest BCUT2D eigenvalue weighted by atomic mass is 9.97. The molecule has 2 heterocycles. The van der Waals surface area contributed by atoms with E-state index in [1.807, 2.05) is 12.1 Å². The predicted octanol–water partition coefficient (Wildman–Crippen LogP) is 4.38. The Hall–Kier alpha value is -2.77. The Morgan fingerprint density at radius 2 is 2.10 bits per heavy atom. The van der Waals surface area contributed by atoms with Gasteiger partial charge in [0.1, 0.15) is 5.82 Å². The zero-order valence-electron chi connectivity index (χ0n) is 15.6. The molecule has 0 aliphatic carbocycles.